The van der Waals surface area contributed by atoms with Crippen LogP contribution in [0.15, 0.2) is 36.9 Å². The average Bonchev–Trinajstić information content (AvgIpc) is 2.45. The molecule has 1 unspecified atom stereocenters. The largest absolute Gasteiger partial charge is 0.445 e. The maximum absolute atomic E-state index is 12.1. The first-order chi connectivity index (χ1) is 10.0. The lowest BCUT2D eigenvalue weighted by Crippen LogP contribution is -2.46. The maximum atomic E-state index is 12.1. The number of hydrogen-bond donors (Lipinski definition) is 0. The van der Waals surface area contributed by atoms with E-state index >= 15 is 0 Å². The van der Waals surface area contributed by atoms with E-state index in [-0.39, 0.29) is 23.7 Å². The summed E-state index contributed by atoms with van der Waals surface area (Å²) in [6.07, 6.45) is 1.79. The Balaban J connectivity index is 2.13. The standard InChI is InChI=1S/C14H14N2O5/c1-2-3-4-12-9-13(17)15(14(18)21-12)10-5-7-11(8-6-10)16(19)20/h2,5-8,12H,1,3-4,9H2. The van der Waals surface area contributed by atoms with Crippen molar-refractivity contribution in [3.05, 3.63) is 47.0 Å². The van der Waals surface area contributed by atoms with E-state index in [4.69, 9.17) is 4.74 Å². The van der Waals surface area contributed by atoms with Gasteiger partial charge in [0.2, 0.25) is 5.91 Å². The molecule has 7 heteroatoms. The Morgan fingerprint density at radius 1 is 1.38 bits per heavy atom. The molecule has 0 aromatic heterocycles. The Kier molecular flexibility index (Phi) is 4.32. The monoisotopic (exact) mass is 290 g/mol. The van der Waals surface area contributed by atoms with Crippen LogP contribution < -0.4 is 4.90 Å². The summed E-state index contributed by atoms with van der Waals surface area (Å²) in [6, 6.07) is 5.17. The zero-order chi connectivity index (χ0) is 15.4. The molecule has 1 fully saturated rings. The van der Waals surface area contributed by atoms with Gasteiger partial charge >= 0.3 is 6.09 Å². The second-order valence-corrected chi connectivity index (χ2v) is 4.58. The van der Waals surface area contributed by atoms with Gasteiger partial charge in [0.25, 0.3) is 5.69 Å². The van der Waals surface area contributed by atoms with Crippen molar-refractivity contribution in [2.24, 2.45) is 0 Å². The Bertz CT molecular complexity index is 564. The summed E-state index contributed by atoms with van der Waals surface area (Å²) in [6.45, 7) is 3.58. The highest BCUT2D eigenvalue weighted by Crippen LogP contribution is 2.25. The lowest BCUT2D eigenvalue weighted by molar-refractivity contribution is -0.384. The van der Waals surface area contributed by atoms with Gasteiger partial charge in [-0.05, 0) is 25.0 Å². The molecular weight excluding hydrogens is 276 g/mol. The van der Waals surface area contributed by atoms with Crippen LogP contribution >= 0.6 is 0 Å². The van der Waals surface area contributed by atoms with E-state index in [1.54, 1.807) is 6.08 Å². The van der Waals surface area contributed by atoms with Crippen molar-refractivity contribution in [3.63, 3.8) is 0 Å². The molecule has 1 heterocycles. The minimum atomic E-state index is -0.755. The maximum Gasteiger partial charge on any atom is 0.421 e. The first kappa shape index (κ1) is 14.7. The predicted molar refractivity (Wildman–Crippen MR) is 74.9 cm³/mol. The minimum Gasteiger partial charge on any atom is -0.445 e. The molecule has 1 aromatic carbocycles. The van der Waals surface area contributed by atoms with Crippen LogP contribution in [0.25, 0.3) is 0 Å². The van der Waals surface area contributed by atoms with Crippen LogP contribution in [0.4, 0.5) is 16.2 Å². The third-order valence-electron chi connectivity index (χ3n) is 3.11. The number of allylic oxidation sites excluding steroid dienone is 1. The predicted octanol–water partition coefficient (Wildman–Crippen LogP) is 2.80. The number of nitrogens with zero attached hydrogens (tertiary/aromatic N) is 2. The van der Waals surface area contributed by atoms with E-state index in [9.17, 15) is 19.7 Å². The third kappa shape index (κ3) is 3.25. The number of nitro benzene ring substituents is 1. The van der Waals surface area contributed by atoms with Gasteiger partial charge in [0.05, 0.1) is 17.0 Å². The number of anilines is 1. The van der Waals surface area contributed by atoms with Gasteiger partial charge in [-0.2, -0.15) is 0 Å². The quantitative estimate of drug-likeness (QED) is 0.472. The zero-order valence-corrected chi connectivity index (χ0v) is 11.2. The van der Waals surface area contributed by atoms with Crippen molar-refractivity contribution in [1.29, 1.82) is 0 Å². The van der Waals surface area contributed by atoms with Gasteiger partial charge in [0, 0.05) is 12.1 Å². The molecule has 0 bridgehead atoms. The first-order valence-electron chi connectivity index (χ1n) is 6.42. The van der Waals surface area contributed by atoms with Crippen molar-refractivity contribution in [2.75, 3.05) is 4.90 Å². The number of cyclic esters (lactones) is 1. The van der Waals surface area contributed by atoms with E-state index < -0.39 is 17.1 Å². The number of amides is 2. The number of carbonyl (C=O) groups excluding carboxylic acids is 2. The van der Waals surface area contributed by atoms with Crippen molar-refractivity contribution in [1.82, 2.24) is 0 Å². The number of nitro groups is 1. The molecule has 1 atom stereocenters. The van der Waals surface area contributed by atoms with Gasteiger partial charge in [-0.1, -0.05) is 6.08 Å². The molecule has 7 nitrogen and oxygen atoms in total. The Morgan fingerprint density at radius 3 is 2.57 bits per heavy atom. The summed E-state index contributed by atoms with van der Waals surface area (Å²) in [5, 5.41) is 10.6. The third-order valence-corrected chi connectivity index (χ3v) is 3.11. The molecule has 0 aliphatic carbocycles. The highest BCUT2D eigenvalue weighted by molar-refractivity contribution is 6.13. The number of hydrogen-bond acceptors (Lipinski definition) is 5. The Morgan fingerprint density at radius 2 is 2.05 bits per heavy atom. The number of ether oxygens (including phenoxy) is 1. The van der Waals surface area contributed by atoms with Crippen LogP contribution in [-0.4, -0.2) is 23.0 Å². The van der Waals surface area contributed by atoms with E-state index in [0.717, 1.165) is 4.90 Å². The van der Waals surface area contributed by atoms with Crippen LogP contribution in [-0.2, 0) is 9.53 Å². The molecule has 0 saturated carbocycles. The van der Waals surface area contributed by atoms with Crippen LogP contribution in [0.3, 0.4) is 0 Å². The average molecular weight is 290 g/mol. The number of carbonyl (C=O) groups is 2. The molecule has 1 aliphatic heterocycles. The fourth-order valence-electron chi connectivity index (χ4n) is 2.06. The SMILES string of the molecule is C=CCCC1CC(=O)N(c2ccc([N+](=O)[O-])cc2)C(=O)O1. The fraction of sp³-hybridized carbons (Fsp3) is 0.286. The van der Waals surface area contributed by atoms with Gasteiger partial charge in [0.1, 0.15) is 6.10 Å². The van der Waals surface area contributed by atoms with Gasteiger partial charge < -0.3 is 4.74 Å². The van der Waals surface area contributed by atoms with Crippen LogP contribution in [0, 0.1) is 10.1 Å². The normalized spacial score (nSPS) is 18.3. The number of rotatable bonds is 5. The number of benzene rings is 1. The molecule has 21 heavy (non-hydrogen) atoms. The fourth-order valence-corrected chi connectivity index (χ4v) is 2.06. The lowest BCUT2D eigenvalue weighted by atomic mass is 10.1. The molecule has 0 N–H and O–H groups in total. The summed E-state index contributed by atoms with van der Waals surface area (Å²) in [7, 11) is 0. The van der Waals surface area contributed by atoms with Crippen LogP contribution in [0.5, 0.6) is 0 Å². The molecule has 1 saturated heterocycles. The smallest absolute Gasteiger partial charge is 0.421 e. The molecule has 0 radical (unpaired) electrons. The summed E-state index contributed by atoms with van der Waals surface area (Å²) < 4.78 is 5.19. The minimum absolute atomic E-state index is 0.0938. The number of non-ortho nitro benzene ring substituents is 1. The Hall–Kier alpha value is -2.70. The van der Waals surface area contributed by atoms with Crippen molar-refractivity contribution < 1.29 is 19.2 Å². The van der Waals surface area contributed by atoms with Gasteiger partial charge in [-0.15, -0.1) is 6.58 Å². The molecular formula is C14H14N2O5. The second kappa shape index (κ2) is 6.17. The summed E-state index contributed by atoms with van der Waals surface area (Å²) >= 11 is 0. The summed E-state index contributed by atoms with van der Waals surface area (Å²) in [5.41, 5.74) is 0.151. The molecule has 0 spiro atoms. The van der Waals surface area contributed by atoms with Crippen LogP contribution in [0.1, 0.15) is 19.3 Å². The molecule has 1 aromatic rings. The highest BCUT2D eigenvalue weighted by Gasteiger charge is 2.34. The molecule has 1 aliphatic rings. The summed E-state index contributed by atoms with van der Waals surface area (Å²) in [5.74, 6) is -0.380. The Labute approximate surface area is 121 Å². The molecule has 110 valence electrons. The van der Waals surface area contributed by atoms with Crippen molar-refractivity contribution in [3.8, 4) is 0 Å². The highest BCUT2D eigenvalue weighted by atomic mass is 16.6. The summed E-state index contributed by atoms with van der Waals surface area (Å²) in [4.78, 5) is 34.9. The van der Waals surface area contributed by atoms with Crippen molar-refractivity contribution >= 4 is 23.4 Å². The number of imide groups is 1. The van der Waals surface area contributed by atoms with Crippen molar-refractivity contribution in [2.45, 2.75) is 25.4 Å². The second-order valence-electron chi connectivity index (χ2n) is 4.58. The van der Waals surface area contributed by atoms with E-state index in [2.05, 4.69) is 6.58 Å². The molecule has 2 rings (SSSR count). The van der Waals surface area contributed by atoms with Gasteiger partial charge in [-0.3, -0.25) is 14.9 Å². The van der Waals surface area contributed by atoms with E-state index in [0.29, 0.717) is 12.8 Å². The lowest BCUT2D eigenvalue weighted by Gasteiger charge is -2.29. The van der Waals surface area contributed by atoms with Gasteiger partial charge in [0.15, 0.2) is 0 Å². The first-order valence-corrected chi connectivity index (χ1v) is 6.42. The van der Waals surface area contributed by atoms with E-state index in [1.165, 1.54) is 24.3 Å². The van der Waals surface area contributed by atoms with Gasteiger partial charge in [-0.25, -0.2) is 9.69 Å². The molecule has 2 amide bonds. The topological polar surface area (TPSA) is 89.8 Å². The van der Waals surface area contributed by atoms with Crippen LogP contribution in [0.2, 0.25) is 0 Å². The van der Waals surface area contributed by atoms with E-state index in [1.807, 2.05) is 0 Å². The zero-order valence-electron chi connectivity index (χ0n) is 11.2.